The van der Waals surface area contributed by atoms with E-state index in [0.29, 0.717) is 24.3 Å². The van der Waals surface area contributed by atoms with Crippen LogP contribution in [0.1, 0.15) is 57.1 Å². The van der Waals surface area contributed by atoms with Crippen molar-refractivity contribution in [2.75, 3.05) is 7.11 Å². The molecule has 1 fully saturated rings. The van der Waals surface area contributed by atoms with E-state index < -0.39 is 77.7 Å². The maximum atomic E-state index is 13.7. The second-order valence-electron chi connectivity index (χ2n) is 11.5. The molecule has 3 aliphatic carbocycles. The number of aliphatic carboxylic acids is 2. The van der Waals surface area contributed by atoms with E-state index in [-0.39, 0.29) is 18.1 Å². The van der Waals surface area contributed by atoms with Gasteiger partial charge in [-0.2, -0.15) is 0 Å². The maximum absolute atomic E-state index is 13.7. The van der Waals surface area contributed by atoms with E-state index in [1.807, 2.05) is 6.07 Å². The Morgan fingerprint density at radius 2 is 1.67 bits per heavy atom. The fraction of sp³-hybridized carbons (Fsp3) is 0.533. The van der Waals surface area contributed by atoms with Crippen LogP contribution in [0.15, 0.2) is 24.0 Å². The van der Waals surface area contributed by atoms with Crippen molar-refractivity contribution in [3.05, 3.63) is 35.1 Å². The van der Waals surface area contributed by atoms with Crippen molar-refractivity contribution in [3.8, 4) is 11.5 Å². The van der Waals surface area contributed by atoms with Crippen LogP contribution in [0.25, 0.3) is 0 Å². The largest absolute Gasteiger partial charge is 0.493 e. The van der Waals surface area contributed by atoms with Crippen LogP contribution in [0.3, 0.4) is 0 Å². The topological polar surface area (TPSA) is 218 Å². The summed E-state index contributed by atoms with van der Waals surface area (Å²) in [6, 6.07) is 3.69. The lowest BCUT2D eigenvalue weighted by Crippen LogP contribution is -2.67. The van der Waals surface area contributed by atoms with Crippen molar-refractivity contribution >= 4 is 35.8 Å². The van der Waals surface area contributed by atoms with Gasteiger partial charge in [0.2, 0.25) is 18.3 Å². The molecule has 15 heteroatoms. The summed E-state index contributed by atoms with van der Waals surface area (Å²) in [6.45, 7) is 1.76. The lowest BCUT2D eigenvalue weighted by atomic mass is 9.47. The molecule has 15 nitrogen and oxygen atoms in total. The summed E-state index contributed by atoms with van der Waals surface area (Å²) in [5.41, 5.74) is -0.525. The third kappa shape index (κ3) is 5.24. The van der Waals surface area contributed by atoms with Crippen LogP contribution in [0, 0.1) is 5.92 Å². The monoisotopic (exact) mass is 632 g/mol. The summed E-state index contributed by atoms with van der Waals surface area (Å²) < 4.78 is 32.3. The minimum Gasteiger partial charge on any atom is -0.493 e. The Balaban J connectivity index is 1.49. The highest BCUT2D eigenvalue weighted by atomic mass is 16.6. The summed E-state index contributed by atoms with van der Waals surface area (Å²) in [7, 11) is 1.47. The molecule has 1 aromatic rings. The number of esters is 4. The van der Waals surface area contributed by atoms with Crippen molar-refractivity contribution in [3.63, 3.8) is 0 Å². The summed E-state index contributed by atoms with van der Waals surface area (Å²) in [5, 5.41) is 30.5. The highest BCUT2D eigenvalue weighted by molar-refractivity contribution is 5.91. The van der Waals surface area contributed by atoms with Gasteiger partial charge in [-0.3, -0.25) is 14.4 Å². The van der Waals surface area contributed by atoms with E-state index in [0.717, 1.165) is 37.8 Å². The van der Waals surface area contributed by atoms with Crippen molar-refractivity contribution in [2.45, 2.75) is 87.8 Å². The van der Waals surface area contributed by atoms with Crippen molar-refractivity contribution in [1.82, 2.24) is 0 Å². The SMILES string of the molecule is COc1ccc2c3c1O[C@H]1C(OC(=O)[C@H](OC(C)=O)[C@@H](OC(C)=O)C(=O)O[C@H](CC(=O)O)C(=O)O)=CC[C@@]4(O)[C@H](CCC[C@]314)C2. The van der Waals surface area contributed by atoms with E-state index in [4.69, 9.17) is 33.5 Å². The number of benzene rings is 1. The number of aliphatic hydroxyl groups is 1. The molecule has 242 valence electrons. The van der Waals surface area contributed by atoms with Gasteiger partial charge in [-0.1, -0.05) is 12.5 Å². The van der Waals surface area contributed by atoms with Crippen LogP contribution in [-0.4, -0.2) is 88.3 Å². The first-order valence-electron chi connectivity index (χ1n) is 14.2. The van der Waals surface area contributed by atoms with Gasteiger partial charge in [0.25, 0.3) is 0 Å². The minimum atomic E-state index is -2.36. The van der Waals surface area contributed by atoms with Gasteiger partial charge in [0.05, 0.1) is 24.5 Å². The zero-order valence-electron chi connectivity index (χ0n) is 24.6. The van der Waals surface area contributed by atoms with Crippen LogP contribution in [0.5, 0.6) is 11.5 Å². The fourth-order valence-electron chi connectivity index (χ4n) is 7.23. The van der Waals surface area contributed by atoms with Crippen molar-refractivity contribution in [2.24, 2.45) is 5.92 Å². The first-order chi connectivity index (χ1) is 21.2. The van der Waals surface area contributed by atoms with Gasteiger partial charge in [-0.15, -0.1) is 0 Å². The molecule has 0 radical (unpaired) electrons. The molecule has 0 saturated heterocycles. The number of hydrogen-bond acceptors (Lipinski definition) is 13. The zero-order chi connectivity index (χ0) is 32.8. The summed E-state index contributed by atoms with van der Waals surface area (Å²) >= 11 is 0. The molecule has 3 N–H and O–H groups in total. The molecule has 1 aliphatic heterocycles. The smallest absolute Gasteiger partial charge is 0.357 e. The molecule has 45 heavy (non-hydrogen) atoms. The third-order valence-corrected chi connectivity index (χ3v) is 8.91. The Labute approximate surface area is 256 Å². The van der Waals surface area contributed by atoms with Crippen LogP contribution in [0.4, 0.5) is 0 Å². The normalized spacial score (nSPS) is 27.2. The fourth-order valence-corrected chi connectivity index (χ4v) is 7.23. The van der Waals surface area contributed by atoms with E-state index in [2.05, 4.69) is 0 Å². The second-order valence-corrected chi connectivity index (χ2v) is 11.5. The lowest BCUT2D eigenvalue weighted by Gasteiger charge is -2.59. The quantitative estimate of drug-likeness (QED) is 0.228. The molecule has 1 aromatic carbocycles. The lowest BCUT2D eigenvalue weighted by molar-refractivity contribution is -0.195. The number of carboxylic acids is 2. The van der Waals surface area contributed by atoms with Crippen molar-refractivity contribution < 1.29 is 72.5 Å². The number of ether oxygens (including phenoxy) is 6. The minimum absolute atomic E-state index is 0.0576. The predicted octanol–water partition coefficient (Wildman–Crippen LogP) is 0.947. The molecular formula is C30H32O15. The van der Waals surface area contributed by atoms with Crippen molar-refractivity contribution in [1.29, 1.82) is 0 Å². The molecule has 1 heterocycles. The van der Waals surface area contributed by atoms with Crippen LogP contribution < -0.4 is 9.47 Å². The molecular weight excluding hydrogens is 600 g/mol. The Hall–Kier alpha value is -4.66. The predicted molar refractivity (Wildman–Crippen MR) is 145 cm³/mol. The Morgan fingerprint density at radius 3 is 2.27 bits per heavy atom. The van der Waals surface area contributed by atoms with Gasteiger partial charge < -0.3 is 43.7 Å². The molecule has 7 atom stereocenters. The standard InChI is InChI=1S/C30H32O15/c1-13(31)41-23(24(42-14(2)32)28(38)44-19(26(35)36)12-20(33)34)27(37)43-18-8-10-30(39)16-5-4-9-29(30)21-15(11-16)6-7-17(40-3)22(21)45-25(18)29/h6-8,16,19,23-25,39H,4-5,9-12H2,1-3H3,(H,33,34)(H,35,36)/t16-,19-,23-,24-,25+,29+,30-/m1/s1. The number of carboxylic acid groups (broad SMARTS) is 2. The highest BCUT2D eigenvalue weighted by Crippen LogP contribution is 2.67. The average Bonchev–Trinajstić information content (AvgIpc) is 3.30. The second kappa shape index (κ2) is 11.7. The molecule has 4 aliphatic rings. The molecule has 0 unspecified atom stereocenters. The molecule has 0 aromatic heterocycles. The van der Waals surface area contributed by atoms with Gasteiger partial charge in [0.15, 0.2) is 17.6 Å². The van der Waals surface area contributed by atoms with E-state index in [9.17, 15) is 39.0 Å². The number of carbonyl (C=O) groups excluding carboxylic acids is 4. The van der Waals surface area contributed by atoms with Gasteiger partial charge >= 0.3 is 35.8 Å². The third-order valence-electron chi connectivity index (χ3n) is 8.91. The summed E-state index contributed by atoms with van der Waals surface area (Å²) in [5.74, 6) is -8.12. The van der Waals surface area contributed by atoms with Crippen LogP contribution in [0.2, 0.25) is 0 Å². The van der Waals surface area contributed by atoms with E-state index >= 15 is 0 Å². The van der Waals surface area contributed by atoms with E-state index in [1.165, 1.54) is 13.2 Å². The highest BCUT2D eigenvalue weighted by Gasteiger charge is 2.71. The molecule has 1 saturated carbocycles. The van der Waals surface area contributed by atoms with Gasteiger partial charge in [0.1, 0.15) is 5.76 Å². The zero-order valence-corrected chi connectivity index (χ0v) is 24.6. The first kappa shape index (κ1) is 31.8. The van der Waals surface area contributed by atoms with E-state index in [1.54, 1.807) is 6.07 Å². The number of hydrogen-bond donors (Lipinski definition) is 3. The Bertz CT molecular complexity index is 1500. The Kier molecular flexibility index (Phi) is 8.25. The average molecular weight is 633 g/mol. The van der Waals surface area contributed by atoms with Crippen LogP contribution in [-0.2, 0) is 59.6 Å². The van der Waals surface area contributed by atoms with Gasteiger partial charge in [0, 0.05) is 19.4 Å². The number of methoxy groups -OCH3 is 1. The van der Waals surface area contributed by atoms with Crippen LogP contribution >= 0.6 is 0 Å². The van der Waals surface area contributed by atoms with Gasteiger partial charge in [-0.25, -0.2) is 14.4 Å². The Morgan fingerprint density at radius 1 is 1.00 bits per heavy atom. The van der Waals surface area contributed by atoms with Gasteiger partial charge in [-0.05, 0) is 49.3 Å². The number of carbonyl (C=O) groups is 6. The molecule has 2 bridgehead atoms. The summed E-state index contributed by atoms with van der Waals surface area (Å²) in [4.78, 5) is 73.2. The molecule has 0 amide bonds. The molecule has 5 rings (SSSR count). The molecule has 1 spiro atoms. The maximum Gasteiger partial charge on any atom is 0.357 e. The summed E-state index contributed by atoms with van der Waals surface area (Å²) in [6.07, 6.45) is -4.87. The number of rotatable bonds is 11. The first-order valence-corrected chi connectivity index (χ1v) is 14.2.